The summed E-state index contributed by atoms with van der Waals surface area (Å²) in [5, 5.41) is 0. The maximum absolute atomic E-state index is 13.9. The molecule has 0 aliphatic heterocycles. The molecule has 0 spiro atoms. The highest BCUT2D eigenvalue weighted by atomic mass is 32.2. The van der Waals surface area contributed by atoms with Crippen LogP contribution in [-0.4, -0.2) is 6.26 Å². The molecule has 0 heterocycles. The molecule has 2 rings (SSSR count). The van der Waals surface area contributed by atoms with Crippen LogP contribution >= 0.6 is 11.8 Å². The number of hydrogen-bond donors (Lipinski definition) is 1. The lowest BCUT2D eigenvalue weighted by atomic mass is 9.97. The zero-order valence-electron chi connectivity index (χ0n) is 10.5. The van der Waals surface area contributed by atoms with Gasteiger partial charge >= 0.3 is 0 Å². The molecule has 0 bridgehead atoms. The van der Waals surface area contributed by atoms with E-state index < -0.39 is 6.04 Å². The highest BCUT2D eigenvalue weighted by Gasteiger charge is 2.16. The first-order valence-corrected chi connectivity index (χ1v) is 7.00. The van der Waals surface area contributed by atoms with Crippen LogP contribution in [0.3, 0.4) is 0 Å². The Bertz CT molecular complexity index is 554. The third-order valence-electron chi connectivity index (χ3n) is 2.96. The minimum atomic E-state index is -0.423. The summed E-state index contributed by atoms with van der Waals surface area (Å²) in [5.41, 5.74) is 8.75. The van der Waals surface area contributed by atoms with E-state index in [2.05, 4.69) is 0 Å². The molecule has 1 nitrogen and oxygen atoms in total. The zero-order chi connectivity index (χ0) is 13.1. The van der Waals surface area contributed by atoms with Gasteiger partial charge in [-0.25, -0.2) is 4.39 Å². The monoisotopic (exact) mass is 261 g/mol. The summed E-state index contributed by atoms with van der Waals surface area (Å²) in [7, 11) is 0. The van der Waals surface area contributed by atoms with Crippen molar-refractivity contribution < 1.29 is 4.39 Å². The molecule has 1 atom stereocenters. The summed E-state index contributed by atoms with van der Waals surface area (Å²) in [5.74, 6) is -0.246. The van der Waals surface area contributed by atoms with Gasteiger partial charge in [0.1, 0.15) is 5.82 Å². The Morgan fingerprint density at radius 1 is 1.11 bits per heavy atom. The molecule has 18 heavy (non-hydrogen) atoms. The van der Waals surface area contributed by atoms with E-state index in [0.29, 0.717) is 5.56 Å². The van der Waals surface area contributed by atoms with Crippen LogP contribution in [0.2, 0.25) is 0 Å². The summed E-state index contributed by atoms with van der Waals surface area (Å²) in [6, 6.07) is 12.5. The van der Waals surface area contributed by atoms with Gasteiger partial charge in [0, 0.05) is 10.5 Å². The van der Waals surface area contributed by atoms with Crippen molar-refractivity contribution in [1.29, 1.82) is 0 Å². The Balaban J connectivity index is 2.47. The van der Waals surface area contributed by atoms with E-state index in [1.54, 1.807) is 17.8 Å². The van der Waals surface area contributed by atoms with E-state index in [4.69, 9.17) is 5.73 Å². The van der Waals surface area contributed by atoms with E-state index in [9.17, 15) is 4.39 Å². The minimum absolute atomic E-state index is 0.246. The normalized spacial score (nSPS) is 12.4. The van der Waals surface area contributed by atoms with Gasteiger partial charge in [-0.2, -0.15) is 0 Å². The first-order valence-electron chi connectivity index (χ1n) is 5.78. The maximum atomic E-state index is 13.9. The van der Waals surface area contributed by atoms with Crippen LogP contribution in [0.5, 0.6) is 0 Å². The standard InChI is InChI=1S/C15H16FNS/c1-10-7-8-13(16)12(9-10)15(17)11-5-3-4-6-14(11)18-2/h3-9,15H,17H2,1-2H3. The summed E-state index contributed by atoms with van der Waals surface area (Å²) in [6.45, 7) is 1.94. The number of aryl methyl sites for hydroxylation is 1. The number of halogens is 1. The molecule has 94 valence electrons. The fourth-order valence-corrected chi connectivity index (χ4v) is 2.64. The smallest absolute Gasteiger partial charge is 0.128 e. The second-order valence-corrected chi connectivity index (χ2v) is 5.09. The molecule has 3 heteroatoms. The molecule has 0 fully saturated rings. The summed E-state index contributed by atoms with van der Waals surface area (Å²) in [6.07, 6.45) is 2.00. The van der Waals surface area contributed by atoms with Crippen molar-refractivity contribution in [3.8, 4) is 0 Å². The van der Waals surface area contributed by atoms with Gasteiger partial charge in [-0.15, -0.1) is 11.8 Å². The fourth-order valence-electron chi connectivity index (χ4n) is 1.99. The van der Waals surface area contributed by atoms with Crippen LogP contribution in [0.1, 0.15) is 22.7 Å². The van der Waals surface area contributed by atoms with Crippen molar-refractivity contribution in [3.63, 3.8) is 0 Å². The molecule has 0 radical (unpaired) electrons. The van der Waals surface area contributed by atoms with E-state index in [-0.39, 0.29) is 5.82 Å². The van der Waals surface area contributed by atoms with Crippen LogP contribution in [-0.2, 0) is 0 Å². The predicted molar refractivity (Wildman–Crippen MR) is 75.4 cm³/mol. The lowest BCUT2D eigenvalue weighted by molar-refractivity contribution is 0.597. The van der Waals surface area contributed by atoms with Gasteiger partial charge < -0.3 is 5.73 Å². The van der Waals surface area contributed by atoms with Gasteiger partial charge in [0.2, 0.25) is 0 Å². The van der Waals surface area contributed by atoms with Crippen LogP contribution in [0.25, 0.3) is 0 Å². The lowest BCUT2D eigenvalue weighted by Crippen LogP contribution is -2.14. The van der Waals surface area contributed by atoms with Crippen molar-refractivity contribution in [2.75, 3.05) is 6.26 Å². The second kappa shape index (κ2) is 5.55. The molecule has 0 aliphatic carbocycles. The van der Waals surface area contributed by atoms with Crippen molar-refractivity contribution in [1.82, 2.24) is 0 Å². The molecule has 2 N–H and O–H groups in total. The molecule has 1 unspecified atom stereocenters. The highest BCUT2D eigenvalue weighted by Crippen LogP contribution is 2.30. The Morgan fingerprint density at radius 2 is 1.83 bits per heavy atom. The van der Waals surface area contributed by atoms with E-state index >= 15 is 0 Å². The molecular weight excluding hydrogens is 245 g/mol. The van der Waals surface area contributed by atoms with Crippen LogP contribution in [0.4, 0.5) is 4.39 Å². The average molecular weight is 261 g/mol. The van der Waals surface area contributed by atoms with E-state index in [0.717, 1.165) is 16.0 Å². The van der Waals surface area contributed by atoms with Gasteiger partial charge in [-0.3, -0.25) is 0 Å². The number of rotatable bonds is 3. The summed E-state index contributed by atoms with van der Waals surface area (Å²) >= 11 is 1.63. The number of nitrogens with two attached hydrogens (primary N) is 1. The Morgan fingerprint density at radius 3 is 2.56 bits per heavy atom. The molecule has 0 aliphatic rings. The first-order chi connectivity index (χ1) is 8.63. The number of benzene rings is 2. The lowest BCUT2D eigenvalue weighted by Gasteiger charge is -2.17. The molecule has 2 aromatic carbocycles. The van der Waals surface area contributed by atoms with Crippen LogP contribution in [0.15, 0.2) is 47.4 Å². The van der Waals surface area contributed by atoms with E-state index in [1.165, 1.54) is 6.07 Å². The summed E-state index contributed by atoms with van der Waals surface area (Å²) in [4.78, 5) is 1.09. The van der Waals surface area contributed by atoms with Crippen LogP contribution in [0, 0.1) is 12.7 Å². The molecule has 0 saturated carbocycles. The SMILES string of the molecule is CSc1ccccc1C(N)c1cc(C)ccc1F. The van der Waals surface area contributed by atoms with Gasteiger partial charge in [-0.05, 0) is 30.9 Å². The van der Waals surface area contributed by atoms with Crippen molar-refractivity contribution in [3.05, 3.63) is 65.0 Å². The molecule has 0 aromatic heterocycles. The van der Waals surface area contributed by atoms with Gasteiger partial charge in [-0.1, -0.05) is 35.9 Å². The summed E-state index contributed by atoms with van der Waals surface area (Å²) < 4.78 is 13.9. The molecule has 2 aromatic rings. The highest BCUT2D eigenvalue weighted by molar-refractivity contribution is 7.98. The van der Waals surface area contributed by atoms with Crippen molar-refractivity contribution in [2.24, 2.45) is 5.73 Å². The van der Waals surface area contributed by atoms with Gasteiger partial charge in [0.25, 0.3) is 0 Å². The average Bonchev–Trinajstić information content (AvgIpc) is 2.40. The first kappa shape index (κ1) is 13.1. The quantitative estimate of drug-likeness (QED) is 0.848. The zero-order valence-corrected chi connectivity index (χ0v) is 11.3. The van der Waals surface area contributed by atoms with Crippen molar-refractivity contribution in [2.45, 2.75) is 17.9 Å². The molecular formula is C15H16FNS. The van der Waals surface area contributed by atoms with Gasteiger partial charge in [0.05, 0.1) is 6.04 Å². The predicted octanol–water partition coefficient (Wildman–Crippen LogP) is 3.90. The Labute approximate surface area is 111 Å². The third kappa shape index (κ3) is 2.57. The number of thioether (sulfide) groups is 1. The van der Waals surface area contributed by atoms with Crippen LogP contribution < -0.4 is 5.73 Å². The maximum Gasteiger partial charge on any atom is 0.128 e. The largest absolute Gasteiger partial charge is 0.320 e. The minimum Gasteiger partial charge on any atom is -0.320 e. The molecule has 0 saturated heterocycles. The van der Waals surface area contributed by atoms with E-state index in [1.807, 2.05) is 43.5 Å². The Kier molecular flexibility index (Phi) is 4.04. The number of hydrogen-bond acceptors (Lipinski definition) is 2. The Hall–Kier alpha value is -1.32. The molecule has 0 amide bonds. The topological polar surface area (TPSA) is 26.0 Å². The second-order valence-electron chi connectivity index (χ2n) is 4.24. The van der Waals surface area contributed by atoms with Crippen molar-refractivity contribution >= 4 is 11.8 Å². The third-order valence-corrected chi connectivity index (χ3v) is 3.77. The fraction of sp³-hybridized carbons (Fsp3) is 0.200. The van der Waals surface area contributed by atoms with Gasteiger partial charge in [0.15, 0.2) is 0 Å².